The molecule has 3 unspecified atom stereocenters. The molecule has 2 aliphatic carbocycles. The number of aryl methyl sites for hydroxylation is 1. The second-order valence-electron chi connectivity index (χ2n) is 9.80. The molecule has 6 heteroatoms. The van der Waals surface area contributed by atoms with Gasteiger partial charge in [0.2, 0.25) is 10.0 Å². The lowest BCUT2D eigenvalue weighted by atomic mass is 9.64. The van der Waals surface area contributed by atoms with Crippen LogP contribution in [0.25, 0.3) is 0 Å². The highest BCUT2D eigenvalue weighted by atomic mass is 32.2. The number of hydrogen-bond acceptors (Lipinski definition) is 4. The molecular weight excluding hydrogens is 384 g/mol. The largest absolute Gasteiger partial charge is 0.385 e. The van der Waals surface area contributed by atoms with Gasteiger partial charge in [-0.3, -0.25) is 0 Å². The van der Waals surface area contributed by atoms with Crippen LogP contribution in [0, 0.1) is 23.7 Å². The van der Waals surface area contributed by atoms with Crippen LogP contribution in [0.15, 0.2) is 36.9 Å². The lowest BCUT2D eigenvalue weighted by molar-refractivity contribution is -0.0488. The van der Waals surface area contributed by atoms with Gasteiger partial charge in [-0.15, -0.1) is 6.58 Å². The topological polar surface area (TPSA) is 60.9 Å². The second-order valence-corrected chi connectivity index (χ2v) is 11.8. The van der Waals surface area contributed by atoms with Gasteiger partial charge < -0.3 is 10.0 Å². The van der Waals surface area contributed by atoms with Gasteiger partial charge in [0.05, 0.1) is 11.4 Å². The number of benzene rings is 1. The van der Waals surface area contributed by atoms with Crippen molar-refractivity contribution in [3.05, 3.63) is 42.5 Å². The van der Waals surface area contributed by atoms with Gasteiger partial charge in [-0.1, -0.05) is 38.1 Å². The van der Waals surface area contributed by atoms with Crippen molar-refractivity contribution in [2.75, 3.05) is 36.8 Å². The van der Waals surface area contributed by atoms with Crippen molar-refractivity contribution in [1.29, 1.82) is 0 Å². The summed E-state index contributed by atoms with van der Waals surface area (Å²) in [6, 6.07) is 8.24. The first-order chi connectivity index (χ1) is 13.6. The molecule has 1 aromatic carbocycles. The van der Waals surface area contributed by atoms with Gasteiger partial charge >= 0.3 is 0 Å². The lowest BCUT2D eigenvalue weighted by Crippen LogP contribution is -2.56. The molecule has 1 aliphatic heterocycles. The van der Waals surface area contributed by atoms with Crippen LogP contribution in [0.2, 0.25) is 0 Å². The summed E-state index contributed by atoms with van der Waals surface area (Å²) in [5.74, 6) is 0.356. The van der Waals surface area contributed by atoms with E-state index in [0.717, 1.165) is 12.8 Å². The van der Waals surface area contributed by atoms with E-state index in [4.69, 9.17) is 0 Å². The van der Waals surface area contributed by atoms with Gasteiger partial charge in [0, 0.05) is 37.3 Å². The van der Waals surface area contributed by atoms with E-state index in [9.17, 15) is 13.5 Å². The number of rotatable bonds is 5. The first-order valence-electron chi connectivity index (χ1n) is 10.7. The van der Waals surface area contributed by atoms with E-state index in [0.29, 0.717) is 38.5 Å². The molecule has 29 heavy (non-hydrogen) atoms. The van der Waals surface area contributed by atoms with Gasteiger partial charge in [0.1, 0.15) is 0 Å². The Kier molecular flexibility index (Phi) is 4.91. The summed E-state index contributed by atoms with van der Waals surface area (Å²) in [4.78, 5) is 2.27. The quantitative estimate of drug-likeness (QED) is 0.746. The van der Waals surface area contributed by atoms with E-state index in [2.05, 4.69) is 44.4 Å². The molecule has 0 radical (unpaired) electrons. The normalized spacial score (nSPS) is 34.5. The van der Waals surface area contributed by atoms with Crippen LogP contribution in [0.4, 0.5) is 5.69 Å². The van der Waals surface area contributed by atoms with E-state index >= 15 is 0 Å². The van der Waals surface area contributed by atoms with Crippen LogP contribution in [-0.4, -0.2) is 55.4 Å². The van der Waals surface area contributed by atoms with E-state index < -0.39 is 21.0 Å². The minimum Gasteiger partial charge on any atom is -0.385 e. The summed E-state index contributed by atoms with van der Waals surface area (Å²) in [5.41, 5.74) is 0.419. The van der Waals surface area contributed by atoms with Gasteiger partial charge in [-0.25, -0.2) is 8.42 Å². The van der Waals surface area contributed by atoms with Crippen LogP contribution in [0.3, 0.4) is 0 Å². The van der Waals surface area contributed by atoms with Crippen molar-refractivity contribution in [2.45, 2.75) is 45.6 Å². The van der Waals surface area contributed by atoms with E-state index in [1.807, 2.05) is 12.1 Å². The predicted octanol–water partition coefficient (Wildman–Crippen LogP) is 3.19. The van der Waals surface area contributed by atoms with Crippen LogP contribution in [-0.2, 0) is 10.0 Å². The lowest BCUT2D eigenvalue weighted by Gasteiger charge is -2.47. The minimum absolute atomic E-state index is 0.0103. The van der Waals surface area contributed by atoms with E-state index in [-0.39, 0.29) is 11.2 Å². The van der Waals surface area contributed by atoms with Gasteiger partial charge in [-0.2, -0.15) is 4.31 Å². The fourth-order valence-electron chi connectivity index (χ4n) is 6.39. The van der Waals surface area contributed by atoms with Crippen LogP contribution in [0.1, 0.15) is 38.7 Å². The average Bonchev–Trinajstić information content (AvgIpc) is 3.01. The monoisotopic (exact) mass is 418 g/mol. The number of sulfonamides is 1. The number of hydrogen-bond donors (Lipinski definition) is 1. The zero-order valence-corrected chi connectivity index (χ0v) is 18.7. The Morgan fingerprint density at radius 2 is 1.86 bits per heavy atom. The van der Waals surface area contributed by atoms with Crippen LogP contribution >= 0.6 is 0 Å². The Hall–Kier alpha value is -1.37. The third-order valence-corrected chi connectivity index (χ3v) is 10.4. The van der Waals surface area contributed by atoms with Crippen molar-refractivity contribution in [3.63, 3.8) is 0 Å². The standard InChI is InChI=1S/C23H34N2O3S/c1-5-23(26)16-19-10-11-22(23,21(19,3)4)17-29(27,28)25-14-12-24(13-15-25)20-9-7-6-8-18(20)2/h5-9,19,26H,1,10-17H2,2-4H3. The molecule has 2 saturated carbocycles. The minimum atomic E-state index is -3.48. The number of anilines is 1. The van der Waals surface area contributed by atoms with E-state index in [1.54, 1.807) is 10.4 Å². The van der Waals surface area contributed by atoms with Crippen LogP contribution in [0.5, 0.6) is 0 Å². The molecule has 3 aliphatic rings. The third-order valence-electron chi connectivity index (χ3n) is 8.41. The van der Waals surface area contributed by atoms with Gasteiger partial charge in [-0.05, 0) is 49.1 Å². The third kappa shape index (κ3) is 2.98. The number of piperazine rings is 1. The average molecular weight is 419 g/mol. The fraction of sp³-hybridized carbons (Fsp3) is 0.652. The zero-order chi connectivity index (χ0) is 21.1. The summed E-state index contributed by atoms with van der Waals surface area (Å²) >= 11 is 0. The highest BCUT2D eigenvalue weighted by molar-refractivity contribution is 7.89. The molecule has 1 N–H and O–H groups in total. The maximum atomic E-state index is 13.5. The molecule has 0 amide bonds. The number of para-hydroxylation sites is 1. The van der Waals surface area contributed by atoms with Gasteiger partial charge in [0.15, 0.2) is 0 Å². The van der Waals surface area contributed by atoms with Crippen LogP contribution < -0.4 is 4.90 Å². The predicted molar refractivity (Wildman–Crippen MR) is 117 cm³/mol. The highest BCUT2D eigenvalue weighted by Gasteiger charge is 2.71. The summed E-state index contributed by atoms with van der Waals surface area (Å²) in [5, 5.41) is 11.4. The first kappa shape index (κ1) is 20.9. The molecule has 4 rings (SSSR count). The SMILES string of the molecule is C=CC1(O)CC2CCC1(CS(=O)(=O)N1CCN(c3ccccc3C)CC1)C2(C)C. The molecular formula is C23H34N2O3S. The van der Waals surface area contributed by atoms with Gasteiger partial charge in [0.25, 0.3) is 0 Å². The summed E-state index contributed by atoms with van der Waals surface area (Å²) in [6.07, 6.45) is 3.97. The van der Waals surface area contributed by atoms with Crippen molar-refractivity contribution >= 4 is 15.7 Å². The molecule has 3 atom stereocenters. The summed E-state index contributed by atoms with van der Waals surface area (Å²) in [6.45, 7) is 12.6. The molecule has 2 bridgehead atoms. The molecule has 0 spiro atoms. The zero-order valence-electron chi connectivity index (χ0n) is 17.9. The van der Waals surface area contributed by atoms with E-state index in [1.165, 1.54) is 11.3 Å². The van der Waals surface area contributed by atoms with Crippen molar-refractivity contribution in [2.24, 2.45) is 16.7 Å². The number of nitrogens with zero attached hydrogens (tertiary/aromatic N) is 2. The Balaban J connectivity index is 1.53. The second kappa shape index (κ2) is 6.82. The Morgan fingerprint density at radius 1 is 1.21 bits per heavy atom. The fourth-order valence-corrected chi connectivity index (χ4v) is 8.68. The first-order valence-corrected chi connectivity index (χ1v) is 12.3. The summed E-state index contributed by atoms with van der Waals surface area (Å²) < 4.78 is 28.6. The van der Waals surface area contributed by atoms with Crippen molar-refractivity contribution in [1.82, 2.24) is 4.31 Å². The van der Waals surface area contributed by atoms with Crippen molar-refractivity contribution in [3.8, 4) is 0 Å². The Labute approximate surface area is 175 Å². The molecule has 5 nitrogen and oxygen atoms in total. The molecule has 160 valence electrons. The molecule has 1 heterocycles. The summed E-state index contributed by atoms with van der Waals surface area (Å²) in [7, 11) is -3.48. The number of fused-ring (bicyclic) bond motifs is 2. The molecule has 3 fully saturated rings. The molecule has 1 saturated heterocycles. The highest BCUT2D eigenvalue weighted by Crippen LogP contribution is 2.70. The molecule has 1 aromatic rings. The Morgan fingerprint density at radius 3 is 2.45 bits per heavy atom. The van der Waals surface area contributed by atoms with Crippen molar-refractivity contribution < 1.29 is 13.5 Å². The molecule has 0 aromatic heterocycles. The smallest absolute Gasteiger partial charge is 0.214 e. The maximum absolute atomic E-state index is 13.5. The Bertz CT molecular complexity index is 904. The number of aliphatic hydroxyl groups is 1. The maximum Gasteiger partial charge on any atom is 0.214 e.